The Balaban J connectivity index is 2.23. The number of hydrogen-bond acceptors (Lipinski definition) is 3. The molecule has 0 atom stereocenters. The van der Waals surface area contributed by atoms with Crippen molar-refractivity contribution >= 4 is 29.1 Å². The topological polar surface area (TPSA) is 55.2 Å². The first-order valence-electron chi connectivity index (χ1n) is 6.68. The van der Waals surface area contributed by atoms with Gasteiger partial charge in [-0.05, 0) is 24.6 Å². The zero-order chi connectivity index (χ0) is 16.3. The Morgan fingerprint density at radius 2 is 2.00 bits per heavy atom. The maximum atomic E-state index is 12.5. The van der Waals surface area contributed by atoms with Gasteiger partial charge in [-0.1, -0.05) is 29.3 Å². The highest BCUT2D eigenvalue weighted by molar-refractivity contribution is 6.42. The zero-order valence-electron chi connectivity index (χ0n) is 12.2. The summed E-state index contributed by atoms with van der Waals surface area (Å²) in [5, 5.41) is 0.905. The average Bonchev–Trinajstić information content (AvgIpc) is 2.50. The molecule has 0 aliphatic heterocycles. The van der Waals surface area contributed by atoms with Crippen molar-refractivity contribution < 1.29 is 4.79 Å². The Hall–Kier alpha value is -1.85. The molecule has 22 heavy (non-hydrogen) atoms. The van der Waals surface area contributed by atoms with E-state index in [1.165, 1.54) is 17.0 Å². The molecule has 2 rings (SSSR count). The lowest BCUT2D eigenvalue weighted by atomic mass is 10.2. The van der Waals surface area contributed by atoms with E-state index < -0.39 is 0 Å². The zero-order valence-corrected chi connectivity index (χ0v) is 13.7. The number of aryl methyl sites for hydroxylation is 1. The van der Waals surface area contributed by atoms with Crippen molar-refractivity contribution in [3.8, 4) is 0 Å². The van der Waals surface area contributed by atoms with Crippen LogP contribution in [0.2, 0.25) is 10.0 Å². The van der Waals surface area contributed by atoms with Gasteiger partial charge in [-0.15, -0.1) is 0 Å². The smallest absolute Gasteiger partial charge is 0.273 e. The molecular formula is C15H15Cl2N3O2. The van der Waals surface area contributed by atoms with Crippen molar-refractivity contribution in [2.45, 2.75) is 13.5 Å². The maximum Gasteiger partial charge on any atom is 0.273 e. The normalized spacial score (nSPS) is 10.5. The Labute approximate surface area is 138 Å². The molecule has 0 bridgehead atoms. The van der Waals surface area contributed by atoms with Gasteiger partial charge in [0.1, 0.15) is 5.69 Å². The minimum atomic E-state index is -0.300. The molecule has 0 radical (unpaired) electrons. The van der Waals surface area contributed by atoms with Crippen molar-refractivity contribution in [2.75, 3.05) is 6.54 Å². The van der Waals surface area contributed by atoms with E-state index in [1.54, 1.807) is 24.1 Å². The summed E-state index contributed by atoms with van der Waals surface area (Å²) in [4.78, 5) is 29.7. The fraction of sp³-hybridized carbons (Fsp3) is 0.267. The molecule has 2 aromatic rings. The highest BCUT2D eigenvalue weighted by Crippen LogP contribution is 2.23. The summed E-state index contributed by atoms with van der Waals surface area (Å²) in [6, 6.07) is 6.45. The summed E-state index contributed by atoms with van der Waals surface area (Å²) in [6.45, 7) is 2.70. The first-order chi connectivity index (χ1) is 10.4. The van der Waals surface area contributed by atoms with E-state index in [2.05, 4.69) is 4.98 Å². The molecule has 0 aliphatic carbocycles. The van der Waals surface area contributed by atoms with Crippen LogP contribution in [0.4, 0.5) is 0 Å². The highest BCUT2D eigenvalue weighted by atomic mass is 35.5. The molecule has 116 valence electrons. The molecule has 7 heteroatoms. The Morgan fingerprint density at radius 3 is 2.59 bits per heavy atom. The van der Waals surface area contributed by atoms with E-state index in [0.29, 0.717) is 23.1 Å². The van der Waals surface area contributed by atoms with Crippen molar-refractivity contribution in [1.29, 1.82) is 0 Å². The lowest BCUT2D eigenvalue weighted by Gasteiger charge is -2.20. The lowest BCUT2D eigenvalue weighted by Crippen LogP contribution is -2.32. The van der Waals surface area contributed by atoms with Crippen LogP contribution < -0.4 is 5.56 Å². The molecule has 1 aromatic heterocycles. The van der Waals surface area contributed by atoms with Gasteiger partial charge >= 0.3 is 0 Å². The van der Waals surface area contributed by atoms with Crippen LogP contribution in [-0.2, 0) is 13.6 Å². The Morgan fingerprint density at radius 1 is 1.27 bits per heavy atom. The molecule has 0 N–H and O–H groups in total. The maximum absolute atomic E-state index is 12.5. The standard InChI is InChI=1S/C15H15Cl2N3O2/c1-3-20(8-10-4-5-11(16)12(17)6-10)15(22)13-7-14(21)19(2)9-18-13/h4-7,9H,3,8H2,1-2H3. The van der Waals surface area contributed by atoms with Crippen LogP contribution >= 0.6 is 23.2 Å². The summed E-state index contributed by atoms with van der Waals surface area (Å²) >= 11 is 11.9. The van der Waals surface area contributed by atoms with Gasteiger partial charge in [0.05, 0.1) is 16.4 Å². The predicted octanol–water partition coefficient (Wildman–Crippen LogP) is 2.75. The third-order valence-corrected chi connectivity index (χ3v) is 3.96. The van der Waals surface area contributed by atoms with Gasteiger partial charge < -0.3 is 9.47 Å². The van der Waals surface area contributed by atoms with E-state index in [-0.39, 0.29) is 17.2 Å². The minimum absolute atomic E-state index is 0.130. The third kappa shape index (κ3) is 3.67. The van der Waals surface area contributed by atoms with Crippen molar-refractivity contribution in [3.63, 3.8) is 0 Å². The summed E-state index contributed by atoms with van der Waals surface area (Å²) in [7, 11) is 1.58. The minimum Gasteiger partial charge on any atom is -0.333 e. The van der Waals surface area contributed by atoms with Crippen LogP contribution in [0.1, 0.15) is 23.0 Å². The number of aromatic nitrogens is 2. The molecule has 0 fully saturated rings. The van der Waals surface area contributed by atoms with Gasteiger partial charge in [0, 0.05) is 26.2 Å². The van der Waals surface area contributed by atoms with Crippen molar-refractivity contribution in [2.24, 2.45) is 7.05 Å². The number of halogens is 2. The number of rotatable bonds is 4. The van der Waals surface area contributed by atoms with Gasteiger partial charge in [-0.25, -0.2) is 4.98 Å². The summed E-state index contributed by atoms with van der Waals surface area (Å²) in [5.74, 6) is -0.300. The summed E-state index contributed by atoms with van der Waals surface area (Å²) in [6.07, 6.45) is 1.34. The molecular weight excluding hydrogens is 325 g/mol. The van der Waals surface area contributed by atoms with E-state index in [4.69, 9.17) is 23.2 Å². The second kappa shape index (κ2) is 6.94. The predicted molar refractivity (Wildman–Crippen MR) is 86.4 cm³/mol. The second-order valence-electron chi connectivity index (χ2n) is 4.79. The first kappa shape index (κ1) is 16.5. The summed E-state index contributed by atoms with van der Waals surface area (Å²) < 4.78 is 1.31. The van der Waals surface area contributed by atoms with Crippen LogP contribution in [0.15, 0.2) is 35.4 Å². The van der Waals surface area contributed by atoms with E-state index >= 15 is 0 Å². The largest absolute Gasteiger partial charge is 0.333 e. The third-order valence-electron chi connectivity index (χ3n) is 3.22. The van der Waals surface area contributed by atoms with Crippen molar-refractivity contribution in [3.05, 3.63) is 62.2 Å². The number of hydrogen-bond donors (Lipinski definition) is 0. The quantitative estimate of drug-likeness (QED) is 0.860. The molecule has 5 nitrogen and oxygen atoms in total. The molecule has 1 heterocycles. The number of benzene rings is 1. The van der Waals surface area contributed by atoms with Gasteiger partial charge in [0.15, 0.2) is 0 Å². The van der Waals surface area contributed by atoms with Crippen LogP contribution in [0, 0.1) is 0 Å². The van der Waals surface area contributed by atoms with Crippen LogP contribution in [-0.4, -0.2) is 26.9 Å². The fourth-order valence-electron chi connectivity index (χ4n) is 1.93. The van der Waals surface area contributed by atoms with Crippen molar-refractivity contribution in [1.82, 2.24) is 14.5 Å². The number of amides is 1. The first-order valence-corrected chi connectivity index (χ1v) is 7.44. The molecule has 0 unspecified atom stereocenters. The van der Waals surface area contributed by atoms with Gasteiger partial charge in [0.2, 0.25) is 0 Å². The Bertz CT molecular complexity index is 759. The molecule has 0 saturated carbocycles. The fourth-order valence-corrected chi connectivity index (χ4v) is 2.25. The second-order valence-corrected chi connectivity index (χ2v) is 5.61. The van der Waals surface area contributed by atoms with Gasteiger partial charge in [0.25, 0.3) is 11.5 Å². The lowest BCUT2D eigenvalue weighted by molar-refractivity contribution is 0.0746. The molecule has 1 amide bonds. The van der Waals surface area contributed by atoms with Crippen LogP contribution in [0.3, 0.4) is 0 Å². The number of carbonyl (C=O) groups is 1. The van der Waals surface area contributed by atoms with Gasteiger partial charge in [-0.2, -0.15) is 0 Å². The Kier molecular flexibility index (Phi) is 5.21. The SMILES string of the molecule is CCN(Cc1ccc(Cl)c(Cl)c1)C(=O)c1cc(=O)n(C)cn1. The summed E-state index contributed by atoms with van der Waals surface area (Å²) in [5.41, 5.74) is 0.711. The average molecular weight is 340 g/mol. The number of carbonyl (C=O) groups excluding carboxylic acids is 1. The van der Waals surface area contributed by atoms with Crippen LogP contribution in [0.25, 0.3) is 0 Å². The molecule has 1 aromatic carbocycles. The molecule has 0 spiro atoms. The molecule has 0 aliphatic rings. The van der Waals surface area contributed by atoms with Crippen LogP contribution in [0.5, 0.6) is 0 Å². The monoisotopic (exact) mass is 339 g/mol. The van der Waals surface area contributed by atoms with E-state index in [9.17, 15) is 9.59 Å². The number of nitrogens with zero attached hydrogens (tertiary/aromatic N) is 3. The van der Waals surface area contributed by atoms with Gasteiger partial charge in [-0.3, -0.25) is 9.59 Å². The van der Waals surface area contributed by atoms with E-state index in [1.807, 2.05) is 13.0 Å². The highest BCUT2D eigenvalue weighted by Gasteiger charge is 2.17. The molecule has 0 saturated heterocycles. The van der Waals surface area contributed by atoms with E-state index in [0.717, 1.165) is 5.56 Å².